The number of benzene rings is 2. The van der Waals surface area contributed by atoms with Gasteiger partial charge in [0.05, 0.1) is 17.4 Å². The van der Waals surface area contributed by atoms with E-state index in [1.165, 1.54) is 12.1 Å². The van der Waals surface area contributed by atoms with Crippen molar-refractivity contribution in [3.8, 4) is 0 Å². The molecule has 2 aromatic rings. The third-order valence-electron chi connectivity index (χ3n) is 4.37. The zero-order valence-corrected chi connectivity index (χ0v) is 15.0. The number of hydrogen-bond acceptors (Lipinski definition) is 2. The van der Waals surface area contributed by atoms with Crippen molar-refractivity contribution >= 4 is 34.8 Å². The van der Waals surface area contributed by atoms with Crippen LogP contribution in [0, 0.1) is 18.8 Å². The molecule has 2 amide bonds. The molecule has 2 aromatic carbocycles. The van der Waals surface area contributed by atoms with Gasteiger partial charge in [-0.15, -0.1) is 0 Å². The summed E-state index contributed by atoms with van der Waals surface area (Å²) >= 11 is 5.87. The molecule has 8 heteroatoms. The Morgan fingerprint density at radius 2 is 1.70 bits per heavy atom. The van der Waals surface area contributed by atoms with Crippen LogP contribution in [0.4, 0.5) is 24.5 Å². The highest BCUT2D eigenvalue weighted by atomic mass is 35.5. The van der Waals surface area contributed by atoms with Gasteiger partial charge >= 0.3 is 6.18 Å². The van der Waals surface area contributed by atoms with E-state index < -0.39 is 29.5 Å². The molecule has 0 heterocycles. The standard InChI is InChI=1S/C19H16ClF3N2O2/c1-10-7-12(20)5-6-16(10)25-18(27)15-9-14(15)17(26)24-13-4-2-3-11(8-13)19(21,22)23/h2-8,14-15H,9H2,1H3,(H,24,26)(H,25,27). The molecule has 0 aliphatic heterocycles. The Balaban J connectivity index is 1.59. The topological polar surface area (TPSA) is 58.2 Å². The highest BCUT2D eigenvalue weighted by molar-refractivity contribution is 6.30. The Labute approximate surface area is 158 Å². The van der Waals surface area contributed by atoms with Crippen LogP contribution in [0.2, 0.25) is 5.02 Å². The van der Waals surface area contributed by atoms with Crippen LogP contribution in [0.25, 0.3) is 0 Å². The molecule has 1 fully saturated rings. The van der Waals surface area contributed by atoms with Crippen molar-refractivity contribution in [2.45, 2.75) is 19.5 Å². The second-order valence-electron chi connectivity index (χ2n) is 6.46. The summed E-state index contributed by atoms with van der Waals surface area (Å²) < 4.78 is 38.2. The SMILES string of the molecule is Cc1cc(Cl)ccc1NC(=O)C1CC1C(=O)Nc1cccc(C(F)(F)F)c1. The Kier molecular flexibility index (Phi) is 5.15. The summed E-state index contributed by atoms with van der Waals surface area (Å²) in [5.74, 6) is -1.84. The Morgan fingerprint density at radius 3 is 2.33 bits per heavy atom. The number of amides is 2. The minimum atomic E-state index is -4.49. The molecule has 3 rings (SSSR count). The lowest BCUT2D eigenvalue weighted by molar-refractivity contribution is -0.137. The number of rotatable bonds is 4. The van der Waals surface area contributed by atoms with Gasteiger partial charge in [0.25, 0.3) is 0 Å². The molecule has 27 heavy (non-hydrogen) atoms. The molecule has 1 aliphatic rings. The molecule has 4 nitrogen and oxygen atoms in total. The fraction of sp³-hybridized carbons (Fsp3) is 0.263. The number of aryl methyl sites for hydroxylation is 1. The summed E-state index contributed by atoms with van der Waals surface area (Å²) in [6.07, 6.45) is -4.14. The normalized spacial score (nSPS) is 18.7. The van der Waals surface area contributed by atoms with Gasteiger partial charge in [0.2, 0.25) is 11.8 Å². The second-order valence-corrected chi connectivity index (χ2v) is 6.90. The molecule has 0 bridgehead atoms. The first kappa shape index (κ1) is 19.2. The molecule has 1 saturated carbocycles. The Hall–Kier alpha value is -2.54. The molecule has 0 saturated heterocycles. The van der Waals surface area contributed by atoms with E-state index >= 15 is 0 Å². The van der Waals surface area contributed by atoms with Gasteiger partial charge in [-0.1, -0.05) is 17.7 Å². The molecule has 1 aliphatic carbocycles. The molecule has 2 N–H and O–H groups in total. The van der Waals surface area contributed by atoms with E-state index in [-0.39, 0.29) is 11.6 Å². The average molecular weight is 397 g/mol. The first-order valence-electron chi connectivity index (χ1n) is 8.20. The van der Waals surface area contributed by atoms with Crippen LogP contribution in [-0.2, 0) is 15.8 Å². The van der Waals surface area contributed by atoms with Gasteiger partial charge in [0, 0.05) is 16.4 Å². The van der Waals surface area contributed by atoms with Crippen molar-refractivity contribution in [2.24, 2.45) is 11.8 Å². The zero-order chi connectivity index (χ0) is 19.8. The van der Waals surface area contributed by atoms with Gasteiger partial charge in [0.15, 0.2) is 0 Å². The first-order chi connectivity index (χ1) is 12.6. The van der Waals surface area contributed by atoms with Gasteiger partial charge in [-0.05, 0) is 55.3 Å². The molecule has 142 valence electrons. The van der Waals surface area contributed by atoms with E-state index in [1.807, 2.05) is 0 Å². The third-order valence-corrected chi connectivity index (χ3v) is 4.60. The smallest absolute Gasteiger partial charge is 0.326 e. The van der Waals surface area contributed by atoms with E-state index in [0.717, 1.165) is 17.7 Å². The number of alkyl halides is 3. The van der Waals surface area contributed by atoms with Crippen LogP contribution < -0.4 is 10.6 Å². The first-order valence-corrected chi connectivity index (χ1v) is 8.58. The van der Waals surface area contributed by atoms with Crippen LogP contribution in [0.3, 0.4) is 0 Å². The van der Waals surface area contributed by atoms with Gasteiger partial charge in [-0.25, -0.2) is 0 Å². The van der Waals surface area contributed by atoms with Crippen molar-refractivity contribution in [2.75, 3.05) is 10.6 Å². The Bertz CT molecular complexity index is 899. The summed E-state index contributed by atoms with van der Waals surface area (Å²) in [4.78, 5) is 24.5. The lowest BCUT2D eigenvalue weighted by Crippen LogP contribution is -2.21. The fourth-order valence-corrected chi connectivity index (χ4v) is 3.00. The lowest BCUT2D eigenvalue weighted by atomic mass is 10.2. The molecular weight excluding hydrogens is 381 g/mol. The predicted octanol–water partition coefficient (Wildman–Crippen LogP) is 4.88. The Morgan fingerprint density at radius 1 is 1.04 bits per heavy atom. The fourth-order valence-electron chi connectivity index (χ4n) is 2.78. The average Bonchev–Trinajstić information content (AvgIpc) is 3.38. The summed E-state index contributed by atoms with van der Waals surface area (Å²) in [6, 6.07) is 9.43. The van der Waals surface area contributed by atoms with Gasteiger partial charge in [-0.2, -0.15) is 13.2 Å². The number of nitrogens with one attached hydrogen (secondary N) is 2. The minimum Gasteiger partial charge on any atom is -0.326 e. The van der Waals surface area contributed by atoms with Gasteiger partial charge in [-0.3, -0.25) is 9.59 Å². The summed E-state index contributed by atoms with van der Waals surface area (Å²) in [7, 11) is 0. The predicted molar refractivity (Wildman–Crippen MR) is 96.5 cm³/mol. The van der Waals surface area contributed by atoms with Crippen LogP contribution in [-0.4, -0.2) is 11.8 Å². The van der Waals surface area contributed by atoms with E-state index in [0.29, 0.717) is 17.1 Å². The number of hydrogen-bond donors (Lipinski definition) is 2. The summed E-state index contributed by atoms with van der Waals surface area (Å²) in [5.41, 5.74) is 0.604. The molecule has 2 atom stereocenters. The van der Waals surface area contributed by atoms with Crippen molar-refractivity contribution in [1.29, 1.82) is 0 Å². The second kappa shape index (κ2) is 7.23. The van der Waals surface area contributed by atoms with Crippen molar-refractivity contribution in [3.63, 3.8) is 0 Å². The number of carbonyl (C=O) groups is 2. The largest absolute Gasteiger partial charge is 0.416 e. The van der Waals surface area contributed by atoms with Gasteiger partial charge in [0.1, 0.15) is 0 Å². The maximum Gasteiger partial charge on any atom is 0.416 e. The van der Waals surface area contributed by atoms with E-state index in [9.17, 15) is 22.8 Å². The van der Waals surface area contributed by atoms with Crippen LogP contribution in [0.15, 0.2) is 42.5 Å². The minimum absolute atomic E-state index is 0.0504. The zero-order valence-electron chi connectivity index (χ0n) is 14.2. The lowest BCUT2D eigenvalue weighted by Gasteiger charge is -2.10. The highest BCUT2D eigenvalue weighted by Crippen LogP contribution is 2.40. The van der Waals surface area contributed by atoms with Crippen LogP contribution in [0.5, 0.6) is 0 Å². The van der Waals surface area contributed by atoms with Crippen molar-refractivity contribution in [3.05, 3.63) is 58.6 Å². The number of carbonyl (C=O) groups excluding carboxylic acids is 2. The van der Waals surface area contributed by atoms with E-state index in [4.69, 9.17) is 11.6 Å². The molecule has 0 spiro atoms. The van der Waals surface area contributed by atoms with E-state index in [1.54, 1.807) is 25.1 Å². The molecule has 0 aromatic heterocycles. The maximum absolute atomic E-state index is 12.7. The number of halogens is 4. The van der Waals surface area contributed by atoms with Crippen LogP contribution >= 0.6 is 11.6 Å². The number of anilines is 2. The van der Waals surface area contributed by atoms with Crippen LogP contribution in [0.1, 0.15) is 17.5 Å². The third kappa shape index (κ3) is 4.60. The highest BCUT2D eigenvalue weighted by Gasteiger charge is 2.48. The van der Waals surface area contributed by atoms with Gasteiger partial charge < -0.3 is 10.6 Å². The molecule has 0 radical (unpaired) electrons. The summed E-state index contributed by atoms with van der Waals surface area (Å²) in [5, 5.41) is 5.75. The molecule has 2 unspecified atom stereocenters. The van der Waals surface area contributed by atoms with Crippen molar-refractivity contribution in [1.82, 2.24) is 0 Å². The maximum atomic E-state index is 12.7. The summed E-state index contributed by atoms with van der Waals surface area (Å²) in [6.45, 7) is 1.80. The molecular formula is C19H16ClF3N2O2. The quantitative estimate of drug-likeness (QED) is 0.773. The van der Waals surface area contributed by atoms with Crippen molar-refractivity contribution < 1.29 is 22.8 Å². The monoisotopic (exact) mass is 396 g/mol. The van der Waals surface area contributed by atoms with E-state index in [2.05, 4.69) is 10.6 Å².